The van der Waals surface area contributed by atoms with Gasteiger partial charge in [0, 0.05) is 22.5 Å². The Kier molecular flexibility index (Phi) is 5.89. The monoisotopic (exact) mass is 456 g/mol. The normalized spacial score (nSPS) is 12.4. The van der Waals surface area contributed by atoms with E-state index in [4.69, 9.17) is 20.8 Å². The van der Waals surface area contributed by atoms with E-state index in [9.17, 15) is 32.9 Å². The topological polar surface area (TPSA) is 112 Å². The number of hydrogen-bond acceptors (Lipinski definition) is 6. The number of nitro groups is 1. The fourth-order valence-corrected chi connectivity index (χ4v) is 2.79. The average molecular weight is 457 g/mol. The zero-order chi connectivity index (χ0) is 22.9. The minimum absolute atomic E-state index is 0.233. The lowest BCUT2D eigenvalue weighted by Crippen LogP contribution is -2.30. The molecule has 3 rings (SSSR count). The SMILES string of the molecule is CC(OC(=O)c1cc2cc(Cl)ccc2o1)C(=O)Nc1ccc([N+](=O)[O-])cc1C(F)(F)F. The van der Waals surface area contributed by atoms with E-state index < -0.39 is 46.0 Å². The molecule has 1 atom stereocenters. The van der Waals surface area contributed by atoms with E-state index in [-0.39, 0.29) is 5.76 Å². The van der Waals surface area contributed by atoms with Gasteiger partial charge >= 0.3 is 12.1 Å². The third-order valence-electron chi connectivity index (χ3n) is 4.11. The van der Waals surface area contributed by atoms with Gasteiger partial charge in [0.15, 0.2) is 6.10 Å². The van der Waals surface area contributed by atoms with Crippen molar-refractivity contribution in [2.24, 2.45) is 0 Å². The van der Waals surface area contributed by atoms with E-state index in [2.05, 4.69) is 0 Å². The number of carbonyl (C=O) groups excluding carboxylic acids is 2. The molecule has 8 nitrogen and oxygen atoms in total. The first-order chi connectivity index (χ1) is 14.5. The molecule has 0 aliphatic rings. The van der Waals surface area contributed by atoms with Crippen LogP contribution in [0.3, 0.4) is 0 Å². The van der Waals surface area contributed by atoms with Gasteiger partial charge in [0.25, 0.3) is 11.6 Å². The van der Waals surface area contributed by atoms with Crippen LogP contribution in [0, 0.1) is 10.1 Å². The van der Waals surface area contributed by atoms with Crippen molar-refractivity contribution >= 4 is 45.8 Å². The number of halogens is 4. The van der Waals surface area contributed by atoms with Crippen LogP contribution in [0.2, 0.25) is 5.02 Å². The highest BCUT2D eigenvalue weighted by molar-refractivity contribution is 6.31. The fraction of sp³-hybridized carbons (Fsp3) is 0.158. The average Bonchev–Trinajstić information content (AvgIpc) is 3.10. The van der Waals surface area contributed by atoms with E-state index in [0.29, 0.717) is 22.1 Å². The minimum Gasteiger partial charge on any atom is -0.449 e. The molecule has 1 unspecified atom stereocenters. The first-order valence-corrected chi connectivity index (χ1v) is 8.90. The number of esters is 1. The van der Waals surface area contributed by atoms with Gasteiger partial charge < -0.3 is 14.5 Å². The molecule has 162 valence electrons. The quantitative estimate of drug-likeness (QED) is 0.321. The molecule has 1 amide bonds. The van der Waals surface area contributed by atoms with Crippen molar-refractivity contribution in [1.29, 1.82) is 0 Å². The lowest BCUT2D eigenvalue weighted by molar-refractivity contribution is -0.385. The first kappa shape index (κ1) is 22.1. The Morgan fingerprint density at radius 1 is 1.19 bits per heavy atom. The lowest BCUT2D eigenvalue weighted by Gasteiger charge is -2.16. The second-order valence-corrected chi connectivity index (χ2v) is 6.75. The summed E-state index contributed by atoms with van der Waals surface area (Å²) in [5.74, 6) is -2.33. The van der Waals surface area contributed by atoms with Gasteiger partial charge in [-0.15, -0.1) is 0 Å². The summed E-state index contributed by atoms with van der Waals surface area (Å²) in [6.45, 7) is 1.14. The summed E-state index contributed by atoms with van der Waals surface area (Å²) in [6, 6.07) is 7.80. The largest absolute Gasteiger partial charge is 0.449 e. The minimum atomic E-state index is -4.97. The summed E-state index contributed by atoms with van der Waals surface area (Å²) >= 11 is 5.85. The molecule has 0 aliphatic heterocycles. The number of fused-ring (bicyclic) bond motifs is 1. The van der Waals surface area contributed by atoms with Crippen molar-refractivity contribution < 1.29 is 36.8 Å². The number of hydrogen-bond donors (Lipinski definition) is 1. The van der Waals surface area contributed by atoms with Crippen LogP contribution in [0.1, 0.15) is 23.0 Å². The number of carbonyl (C=O) groups is 2. The summed E-state index contributed by atoms with van der Waals surface area (Å²) in [4.78, 5) is 34.2. The molecular formula is C19H12ClF3N2O6. The molecule has 12 heteroatoms. The number of alkyl halides is 3. The maximum absolute atomic E-state index is 13.2. The smallest absolute Gasteiger partial charge is 0.418 e. The van der Waals surface area contributed by atoms with Crippen LogP contribution >= 0.6 is 11.6 Å². The summed E-state index contributed by atoms with van der Waals surface area (Å²) in [5, 5.41) is 13.6. The Labute approximate surface area is 176 Å². The fourth-order valence-electron chi connectivity index (χ4n) is 2.61. The number of ether oxygens (including phenoxy) is 1. The van der Waals surface area contributed by atoms with Crippen molar-refractivity contribution in [2.75, 3.05) is 5.32 Å². The summed E-state index contributed by atoms with van der Waals surface area (Å²) in [5.41, 5.74) is -2.59. The van der Waals surface area contributed by atoms with Gasteiger partial charge in [-0.05, 0) is 37.3 Å². The van der Waals surface area contributed by atoms with Gasteiger partial charge in [-0.1, -0.05) is 11.6 Å². The molecule has 2 aromatic carbocycles. The number of nitrogens with zero attached hydrogens (tertiary/aromatic N) is 1. The highest BCUT2D eigenvalue weighted by atomic mass is 35.5. The number of anilines is 1. The molecule has 0 spiro atoms. The Hall–Kier alpha value is -3.60. The standard InChI is InChI=1S/C19H12ClF3N2O6/c1-9(30-18(27)16-7-10-6-11(20)2-5-15(10)31-16)17(26)24-14-4-3-12(25(28)29)8-13(14)19(21,22)23/h2-9H,1H3,(H,24,26). The van der Waals surface area contributed by atoms with Crippen LogP contribution in [0.25, 0.3) is 11.0 Å². The molecule has 0 radical (unpaired) electrons. The van der Waals surface area contributed by atoms with Gasteiger partial charge in [-0.2, -0.15) is 13.2 Å². The third-order valence-corrected chi connectivity index (χ3v) is 4.34. The van der Waals surface area contributed by atoms with E-state index in [1.807, 2.05) is 5.32 Å². The summed E-state index contributed by atoms with van der Waals surface area (Å²) in [7, 11) is 0. The zero-order valence-corrected chi connectivity index (χ0v) is 16.3. The van der Waals surface area contributed by atoms with Crippen LogP contribution in [-0.2, 0) is 15.7 Å². The van der Waals surface area contributed by atoms with Crippen molar-refractivity contribution in [1.82, 2.24) is 0 Å². The Morgan fingerprint density at radius 2 is 1.90 bits per heavy atom. The highest BCUT2D eigenvalue weighted by Crippen LogP contribution is 2.37. The Bertz CT molecular complexity index is 1190. The molecule has 1 heterocycles. The number of non-ortho nitro benzene ring substituents is 1. The molecule has 0 saturated carbocycles. The maximum Gasteiger partial charge on any atom is 0.418 e. The van der Waals surface area contributed by atoms with Gasteiger partial charge in [0.2, 0.25) is 5.76 Å². The van der Waals surface area contributed by atoms with Crippen molar-refractivity contribution in [3.05, 3.63) is 68.9 Å². The molecule has 3 aromatic rings. The molecule has 1 N–H and O–H groups in total. The van der Waals surface area contributed by atoms with Crippen molar-refractivity contribution in [3.63, 3.8) is 0 Å². The second kappa shape index (κ2) is 8.26. The van der Waals surface area contributed by atoms with Crippen molar-refractivity contribution in [2.45, 2.75) is 19.2 Å². The summed E-state index contributed by atoms with van der Waals surface area (Å²) < 4.78 is 49.9. The number of nitrogens with one attached hydrogen (secondary N) is 1. The van der Waals surface area contributed by atoms with E-state index in [0.717, 1.165) is 19.1 Å². The Morgan fingerprint density at radius 3 is 2.55 bits per heavy atom. The molecule has 0 fully saturated rings. The molecule has 0 saturated heterocycles. The summed E-state index contributed by atoms with van der Waals surface area (Å²) in [6.07, 6.45) is -6.47. The number of nitro benzene ring substituents is 1. The van der Waals surface area contributed by atoms with E-state index in [1.54, 1.807) is 12.1 Å². The van der Waals surface area contributed by atoms with Gasteiger partial charge in [0.1, 0.15) is 5.58 Å². The van der Waals surface area contributed by atoms with Crippen LogP contribution in [-0.4, -0.2) is 22.9 Å². The van der Waals surface area contributed by atoms with Crippen LogP contribution in [0.15, 0.2) is 46.9 Å². The number of furan rings is 1. The van der Waals surface area contributed by atoms with Gasteiger partial charge in [0.05, 0.1) is 16.2 Å². The highest BCUT2D eigenvalue weighted by Gasteiger charge is 2.36. The van der Waals surface area contributed by atoms with Crippen LogP contribution in [0.4, 0.5) is 24.5 Å². The van der Waals surface area contributed by atoms with Crippen LogP contribution in [0.5, 0.6) is 0 Å². The first-order valence-electron chi connectivity index (χ1n) is 8.52. The van der Waals surface area contributed by atoms with E-state index >= 15 is 0 Å². The maximum atomic E-state index is 13.2. The number of amides is 1. The van der Waals surface area contributed by atoms with Gasteiger partial charge in [-0.25, -0.2) is 4.79 Å². The van der Waals surface area contributed by atoms with E-state index in [1.165, 1.54) is 12.1 Å². The zero-order valence-electron chi connectivity index (χ0n) is 15.5. The van der Waals surface area contributed by atoms with Crippen molar-refractivity contribution in [3.8, 4) is 0 Å². The second-order valence-electron chi connectivity index (χ2n) is 6.31. The molecular weight excluding hydrogens is 445 g/mol. The third kappa shape index (κ3) is 4.94. The Balaban J connectivity index is 1.75. The van der Waals surface area contributed by atoms with Gasteiger partial charge in [-0.3, -0.25) is 14.9 Å². The molecule has 31 heavy (non-hydrogen) atoms. The molecule has 1 aromatic heterocycles. The molecule has 0 bridgehead atoms. The number of benzene rings is 2. The predicted molar refractivity (Wildman–Crippen MR) is 103 cm³/mol. The predicted octanol–water partition coefficient (Wildman–Crippen LogP) is 5.20. The van der Waals surface area contributed by atoms with Crippen LogP contribution < -0.4 is 5.32 Å². The lowest BCUT2D eigenvalue weighted by atomic mass is 10.1. The number of rotatable bonds is 5. The molecule has 0 aliphatic carbocycles.